The SMILES string of the molecule is Cc1ncc(C[n+]2csc(CCS)c2C)c(N)n1. The summed E-state index contributed by atoms with van der Waals surface area (Å²) in [6, 6.07) is 0. The Bertz CT molecular complexity index is 551. The zero-order valence-corrected chi connectivity index (χ0v) is 12.3. The number of nitrogens with zero attached hydrogens (tertiary/aromatic N) is 3. The lowest BCUT2D eigenvalue weighted by Crippen LogP contribution is -2.35. The molecule has 0 aliphatic carbocycles. The van der Waals surface area contributed by atoms with Crippen LogP contribution in [0.3, 0.4) is 0 Å². The largest absolute Gasteiger partial charge is 0.383 e. The van der Waals surface area contributed by atoms with Gasteiger partial charge >= 0.3 is 0 Å². The maximum absolute atomic E-state index is 5.91. The van der Waals surface area contributed by atoms with E-state index in [1.54, 1.807) is 17.5 Å². The fraction of sp³-hybridized carbons (Fsp3) is 0.417. The van der Waals surface area contributed by atoms with E-state index in [4.69, 9.17) is 5.73 Å². The minimum atomic E-state index is 0.566. The molecule has 18 heavy (non-hydrogen) atoms. The third-order valence-corrected chi connectivity index (χ3v) is 4.22. The molecule has 96 valence electrons. The van der Waals surface area contributed by atoms with Gasteiger partial charge in [0.05, 0.1) is 10.4 Å². The van der Waals surface area contributed by atoms with Crippen molar-refractivity contribution in [3.8, 4) is 0 Å². The van der Waals surface area contributed by atoms with Crippen LogP contribution in [0.25, 0.3) is 0 Å². The molecule has 0 atom stereocenters. The van der Waals surface area contributed by atoms with Gasteiger partial charge in [0, 0.05) is 13.1 Å². The lowest BCUT2D eigenvalue weighted by Gasteiger charge is -2.01. The smallest absolute Gasteiger partial charge is 0.225 e. The number of thiol groups is 1. The Morgan fingerprint density at radius 2 is 2.22 bits per heavy atom. The van der Waals surface area contributed by atoms with Crippen molar-refractivity contribution in [3.05, 3.63) is 33.7 Å². The number of aromatic nitrogens is 3. The van der Waals surface area contributed by atoms with Crippen molar-refractivity contribution in [2.75, 3.05) is 11.5 Å². The number of anilines is 1. The van der Waals surface area contributed by atoms with Crippen molar-refractivity contribution in [2.45, 2.75) is 26.8 Å². The van der Waals surface area contributed by atoms with Gasteiger partial charge in [0.25, 0.3) is 0 Å². The van der Waals surface area contributed by atoms with E-state index in [9.17, 15) is 0 Å². The van der Waals surface area contributed by atoms with Crippen molar-refractivity contribution in [2.24, 2.45) is 0 Å². The van der Waals surface area contributed by atoms with Gasteiger partial charge in [-0.15, -0.1) is 0 Å². The average Bonchev–Trinajstić information content (AvgIpc) is 2.66. The number of aryl methyl sites for hydroxylation is 2. The minimum Gasteiger partial charge on any atom is -0.383 e. The van der Waals surface area contributed by atoms with Crippen LogP contribution in [0.5, 0.6) is 0 Å². The Labute approximate surface area is 116 Å². The molecule has 2 heterocycles. The number of rotatable bonds is 4. The molecule has 0 bridgehead atoms. The summed E-state index contributed by atoms with van der Waals surface area (Å²) in [5, 5.41) is 0. The monoisotopic (exact) mass is 281 g/mol. The van der Waals surface area contributed by atoms with Crippen LogP contribution in [0, 0.1) is 13.8 Å². The third-order valence-electron chi connectivity index (χ3n) is 2.85. The Morgan fingerprint density at radius 3 is 2.89 bits per heavy atom. The molecule has 0 aliphatic heterocycles. The Hall–Kier alpha value is -1.14. The van der Waals surface area contributed by atoms with Gasteiger partial charge in [-0.3, -0.25) is 0 Å². The highest BCUT2D eigenvalue weighted by Crippen LogP contribution is 2.14. The lowest BCUT2D eigenvalue weighted by molar-refractivity contribution is -0.689. The molecule has 2 rings (SSSR count). The van der Waals surface area contributed by atoms with Gasteiger partial charge in [-0.1, -0.05) is 11.3 Å². The molecular formula is C12H17N4S2+. The fourth-order valence-electron chi connectivity index (χ4n) is 1.77. The van der Waals surface area contributed by atoms with E-state index in [1.165, 1.54) is 10.6 Å². The van der Waals surface area contributed by atoms with Crippen LogP contribution >= 0.6 is 24.0 Å². The normalized spacial score (nSPS) is 10.8. The second kappa shape index (κ2) is 5.67. The molecule has 0 saturated carbocycles. The van der Waals surface area contributed by atoms with Crippen molar-refractivity contribution in [3.63, 3.8) is 0 Å². The van der Waals surface area contributed by atoms with Gasteiger partial charge in [-0.25, -0.2) is 9.97 Å². The fourth-order valence-corrected chi connectivity index (χ4v) is 3.14. The van der Waals surface area contributed by atoms with Crippen molar-refractivity contribution >= 4 is 29.8 Å². The standard InChI is InChI=1S/C12H16N4S2/c1-8-11(3-4-17)18-7-16(8)6-10-5-14-9(2)15-12(10)13/h5,7H,3-4,6H2,1-2H3,(H2-,13,14,15,17)/p+1. The van der Waals surface area contributed by atoms with Crippen LogP contribution in [0.4, 0.5) is 5.82 Å². The molecule has 6 heteroatoms. The quantitative estimate of drug-likeness (QED) is 0.660. The summed E-state index contributed by atoms with van der Waals surface area (Å²) in [6.07, 6.45) is 2.81. The van der Waals surface area contributed by atoms with Crippen molar-refractivity contribution in [1.29, 1.82) is 0 Å². The van der Waals surface area contributed by atoms with Gasteiger partial charge in [-0.2, -0.15) is 17.2 Å². The molecule has 0 saturated heterocycles. The number of thiazole rings is 1. The summed E-state index contributed by atoms with van der Waals surface area (Å²) >= 11 is 6.03. The van der Waals surface area contributed by atoms with E-state index >= 15 is 0 Å². The molecule has 0 unspecified atom stereocenters. The van der Waals surface area contributed by atoms with Crippen molar-refractivity contribution < 1.29 is 4.57 Å². The number of hydrogen-bond donors (Lipinski definition) is 2. The van der Waals surface area contributed by atoms with Crippen LogP contribution in [0.15, 0.2) is 11.7 Å². The second-order valence-corrected chi connectivity index (χ2v) is 5.55. The molecule has 2 N–H and O–H groups in total. The van der Waals surface area contributed by atoms with E-state index in [2.05, 4.69) is 39.6 Å². The first-order valence-electron chi connectivity index (χ1n) is 5.77. The molecule has 0 aliphatic rings. The Morgan fingerprint density at radius 1 is 1.44 bits per heavy atom. The highest BCUT2D eigenvalue weighted by molar-refractivity contribution is 7.80. The number of nitrogens with two attached hydrogens (primary N) is 1. The van der Waals surface area contributed by atoms with Crippen LogP contribution in [0.2, 0.25) is 0 Å². The van der Waals surface area contributed by atoms with Crippen LogP contribution in [0.1, 0.15) is 22.0 Å². The average molecular weight is 281 g/mol. The predicted molar refractivity (Wildman–Crippen MR) is 77.1 cm³/mol. The molecular weight excluding hydrogens is 264 g/mol. The van der Waals surface area contributed by atoms with E-state index < -0.39 is 0 Å². The maximum atomic E-state index is 5.91. The molecule has 0 amide bonds. The number of nitrogen functional groups attached to an aromatic ring is 1. The molecule has 2 aromatic heterocycles. The topological polar surface area (TPSA) is 55.7 Å². The zero-order valence-electron chi connectivity index (χ0n) is 10.6. The summed E-state index contributed by atoms with van der Waals surface area (Å²) in [4.78, 5) is 9.75. The van der Waals surface area contributed by atoms with E-state index in [0.29, 0.717) is 11.6 Å². The molecule has 0 radical (unpaired) electrons. The first-order valence-corrected chi connectivity index (χ1v) is 7.28. The highest BCUT2D eigenvalue weighted by Gasteiger charge is 2.16. The predicted octanol–water partition coefficient (Wildman–Crippen LogP) is 1.55. The minimum absolute atomic E-state index is 0.566. The Balaban J connectivity index is 2.23. The first kappa shape index (κ1) is 13.3. The van der Waals surface area contributed by atoms with Crippen molar-refractivity contribution in [1.82, 2.24) is 9.97 Å². The summed E-state index contributed by atoms with van der Waals surface area (Å²) in [5.41, 5.74) is 10.3. The first-order chi connectivity index (χ1) is 8.61. The van der Waals surface area contributed by atoms with Crippen LogP contribution in [-0.2, 0) is 13.0 Å². The van der Waals surface area contributed by atoms with Crippen LogP contribution < -0.4 is 10.3 Å². The number of hydrogen-bond acceptors (Lipinski definition) is 5. The molecule has 0 aromatic carbocycles. The van der Waals surface area contributed by atoms with Gasteiger partial charge in [0.15, 0.2) is 12.2 Å². The van der Waals surface area contributed by atoms with E-state index in [1.807, 2.05) is 6.92 Å². The molecule has 0 fully saturated rings. The molecule has 4 nitrogen and oxygen atoms in total. The van der Waals surface area contributed by atoms with Gasteiger partial charge < -0.3 is 5.73 Å². The van der Waals surface area contributed by atoms with E-state index in [0.717, 1.165) is 24.3 Å². The Kier molecular flexibility index (Phi) is 4.19. The maximum Gasteiger partial charge on any atom is 0.225 e. The summed E-state index contributed by atoms with van der Waals surface area (Å²) in [7, 11) is 0. The lowest BCUT2D eigenvalue weighted by atomic mass is 10.2. The summed E-state index contributed by atoms with van der Waals surface area (Å²) < 4.78 is 2.19. The molecule has 2 aromatic rings. The molecule has 0 spiro atoms. The van der Waals surface area contributed by atoms with Gasteiger partial charge in [0.1, 0.15) is 11.6 Å². The zero-order chi connectivity index (χ0) is 13.1. The summed E-state index contributed by atoms with van der Waals surface area (Å²) in [6.45, 7) is 4.69. The third kappa shape index (κ3) is 2.81. The second-order valence-electron chi connectivity index (χ2n) is 4.16. The van der Waals surface area contributed by atoms with Gasteiger partial charge in [0.2, 0.25) is 5.51 Å². The highest BCUT2D eigenvalue weighted by atomic mass is 32.1. The van der Waals surface area contributed by atoms with Gasteiger partial charge in [-0.05, 0) is 19.1 Å². The van der Waals surface area contributed by atoms with E-state index in [-0.39, 0.29) is 0 Å². The van der Waals surface area contributed by atoms with Crippen LogP contribution in [-0.4, -0.2) is 15.7 Å². The summed E-state index contributed by atoms with van der Waals surface area (Å²) in [5.74, 6) is 2.15.